The molecule has 1 aliphatic rings. The van der Waals surface area contributed by atoms with Crippen molar-refractivity contribution in [3.8, 4) is 0 Å². The van der Waals surface area contributed by atoms with Crippen molar-refractivity contribution in [3.63, 3.8) is 0 Å². The van der Waals surface area contributed by atoms with E-state index >= 15 is 0 Å². The number of pyridine rings is 1. The lowest BCUT2D eigenvalue weighted by molar-refractivity contribution is -0.123. The van der Waals surface area contributed by atoms with Gasteiger partial charge in [-0.15, -0.1) is 16.4 Å². The zero-order valence-electron chi connectivity index (χ0n) is 16.7. The van der Waals surface area contributed by atoms with Crippen LogP contribution in [-0.2, 0) is 16.0 Å². The highest BCUT2D eigenvalue weighted by Crippen LogP contribution is 2.31. The SMILES string of the molecule is O=C(CSc1n[nH]c(Cc2cccs2)n1)NCCN1C(=O)S/C(=C\c2cccnc2)C1=O. The van der Waals surface area contributed by atoms with Crippen molar-refractivity contribution in [3.05, 3.63) is 63.2 Å². The molecule has 0 aliphatic carbocycles. The first-order valence-electron chi connectivity index (χ1n) is 9.57. The third-order valence-corrected chi connectivity index (χ3v) is 6.91. The first-order valence-corrected chi connectivity index (χ1v) is 12.3. The molecule has 0 spiro atoms. The van der Waals surface area contributed by atoms with Gasteiger partial charge in [0.05, 0.1) is 10.7 Å². The third-order valence-electron chi connectivity index (χ3n) is 4.28. The van der Waals surface area contributed by atoms with Crippen molar-refractivity contribution in [2.45, 2.75) is 11.6 Å². The van der Waals surface area contributed by atoms with Crippen LogP contribution < -0.4 is 5.32 Å². The number of hydrogen-bond acceptors (Lipinski definition) is 9. The van der Waals surface area contributed by atoms with E-state index < -0.39 is 0 Å². The molecular formula is C20H18N6O3S3. The molecule has 1 aliphatic heterocycles. The van der Waals surface area contributed by atoms with Crippen LogP contribution in [-0.4, -0.2) is 61.0 Å². The van der Waals surface area contributed by atoms with Crippen LogP contribution in [0.1, 0.15) is 16.3 Å². The van der Waals surface area contributed by atoms with Gasteiger partial charge in [0, 0.05) is 36.8 Å². The minimum Gasteiger partial charge on any atom is -0.354 e. The van der Waals surface area contributed by atoms with Crippen molar-refractivity contribution in [1.82, 2.24) is 30.4 Å². The molecule has 4 rings (SSSR count). The van der Waals surface area contributed by atoms with Crippen molar-refractivity contribution in [2.75, 3.05) is 18.8 Å². The summed E-state index contributed by atoms with van der Waals surface area (Å²) in [6.45, 7) is 0.284. The van der Waals surface area contributed by atoms with Crippen LogP contribution in [0.4, 0.5) is 4.79 Å². The summed E-state index contributed by atoms with van der Waals surface area (Å²) in [6.07, 6.45) is 5.56. The van der Waals surface area contributed by atoms with Crippen molar-refractivity contribution < 1.29 is 14.4 Å². The van der Waals surface area contributed by atoms with Crippen molar-refractivity contribution in [1.29, 1.82) is 0 Å². The van der Waals surface area contributed by atoms with Gasteiger partial charge in [-0.1, -0.05) is 23.9 Å². The van der Waals surface area contributed by atoms with Crippen LogP contribution in [0.5, 0.6) is 0 Å². The summed E-state index contributed by atoms with van der Waals surface area (Å²) >= 11 is 3.75. The van der Waals surface area contributed by atoms with Gasteiger partial charge in [0.25, 0.3) is 11.1 Å². The average Bonchev–Trinajstić information content (AvgIpc) is 3.52. The molecule has 0 bridgehead atoms. The summed E-state index contributed by atoms with van der Waals surface area (Å²) in [4.78, 5) is 47.8. The molecule has 4 heterocycles. The van der Waals surface area contributed by atoms with Gasteiger partial charge >= 0.3 is 0 Å². The van der Waals surface area contributed by atoms with E-state index in [4.69, 9.17) is 0 Å². The Morgan fingerprint density at radius 3 is 2.97 bits per heavy atom. The standard InChI is InChI=1S/C20H18N6O3S3/c27-17(12-31-19-23-16(24-25-19)10-14-4-2-8-30-14)22-6-7-26-18(28)15(32-20(26)29)9-13-3-1-5-21-11-13/h1-5,8-9,11H,6-7,10,12H2,(H,22,27)(H,23,24,25)/b15-9-. The fourth-order valence-corrected chi connectivity index (χ4v) is 5.01. The fraction of sp³-hybridized carbons (Fsp3) is 0.200. The first-order chi connectivity index (χ1) is 15.6. The number of nitrogens with zero attached hydrogens (tertiary/aromatic N) is 4. The van der Waals surface area contributed by atoms with Gasteiger partial charge in [0.1, 0.15) is 5.82 Å². The molecule has 164 valence electrons. The van der Waals surface area contributed by atoms with Crippen LogP contribution in [0.2, 0.25) is 0 Å². The molecule has 0 atom stereocenters. The van der Waals surface area contributed by atoms with E-state index in [-0.39, 0.29) is 35.9 Å². The Morgan fingerprint density at radius 2 is 2.19 bits per heavy atom. The summed E-state index contributed by atoms with van der Waals surface area (Å²) < 4.78 is 0. The van der Waals surface area contributed by atoms with E-state index in [0.29, 0.717) is 16.5 Å². The first kappa shape index (κ1) is 22.2. The summed E-state index contributed by atoms with van der Waals surface area (Å²) in [7, 11) is 0. The lowest BCUT2D eigenvalue weighted by atomic mass is 10.2. The number of thioether (sulfide) groups is 2. The summed E-state index contributed by atoms with van der Waals surface area (Å²) in [5, 5.41) is 11.9. The van der Waals surface area contributed by atoms with E-state index in [9.17, 15) is 14.4 Å². The number of rotatable bonds is 9. The lowest BCUT2D eigenvalue weighted by Gasteiger charge is -2.12. The Bertz CT molecular complexity index is 1130. The normalized spacial score (nSPS) is 15.0. The molecule has 0 unspecified atom stereocenters. The van der Waals surface area contributed by atoms with Gasteiger partial charge in [-0.05, 0) is 40.9 Å². The molecule has 32 heavy (non-hydrogen) atoms. The zero-order valence-corrected chi connectivity index (χ0v) is 19.1. The third kappa shape index (κ3) is 5.84. The molecule has 12 heteroatoms. The molecule has 9 nitrogen and oxygen atoms in total. The van der Waals surface area contributed by atoms with E-state index in [1.807, 2.05) is 17.5 Å². The second-order valence-corrected chi connectivity index (χ2v) is 9.55. The maximum absolute atomic E-state index is 12.5. The predicted octanol–water partition coefficient (Wildman–Crippen LogP) is 2.80. The molecule has 1 fully saturated rings. The van der Waals surface area contributed by atoms with Gasteiger partial charge in [0.15, 0.2) is 0 Å². The maximum atomic E-state index is 12.5. The second kappa shape index (κ2) is 10.6. The highest BCUT2D eigenvalue weighted by Gasteiger charge is 2.34. The van der Waals surface area contributed by atoms with Crippen LogP contribution in [0.25, 0.3) is 6.08 Å². The van der Waals surface area contributed by atoms with Crippen LogP contribution in [0.15, 0.2) is 52.1 Å². The number of imide groups is 1. The number of aromatic nitrogens is 4. The number of H-pyrrole nitrogens is 1. The Labute approximate surface area is 196 Å². The number of thiophene rings is 1. The van der Waals surface area contributed by atoms with Gasteiger partial charge in [-0.2, -0.15) is 0 Å². The monoisotopic (exact) mass is 486 g/mol. The van der Waals surface area contributed by atoms with E-state index in [2.05, 4.69) is 25.5 Å². The molecule has 0 radical (unpaired) electrons. The largest absolute Gasteiger partial charge is 0.354 e. The number of amides is 3. The fourth-order valence-electron chi connectivity index (χ4n) is 2.79. The second-order valence-electron chi connectivity index (χ2n) is 6.58. The molecular weight excluding hydrogens is 468 g/mol. The van der Waals surface area contributed by atoms with Gasteiger partial charge in [-0.25, -0.2) is 4.98 Å². The van der Waals surface area contributed by atoms with Crippen LogP contribution >= 0.6 is 34.9 Å². The minimum absolute atomic E-state index is 0.108. The van der Waals surface area contributed by atoms with Gasteiger partial charge < -0.3 is 5.32 Å². The Hall–Kier alpha value is -2.96. The Kier molecular flexibility index (Phi) is 7.35. The molecule has 2 N–H and O–H groups in total. The molecule has 0 aromatic carbocycles. The van der Waals surface area contributed by atoms with Crippen molar-refractivity contribution >= 4 is 58.0 Å². The average molecular weight is 487 g/mol. The number of carbonyl (C=O) groups is 3. The molecule has 1 saturated heterocycles. The summed E-state index contributed by atoms with van der Waals surface area (Å²) in [5.74, 6) is 0.289. The van der Waals surface area contributed by atoms with Crippen LogP contribution in [0, 0.1) is 0 Å². The maximum Gasteiger partial charge on any atom is 0.293 e. The minimum atomic E-state index is -0.369. The molecule has 3 aromatic heterocycles. The Morgan fingerprint density at radius 1 is 1.28 bits per heavy atom. The number of nitrogens with one attached hydrogen (secondary N) is 2. The Balaban J connectivity index is 1.20. The highest BCUT2D eigenvalue weighted by atomic mass is 32.2. The van der Waals surface area contributed by atoms with E-state index in [0.717, 1.165) is 28.0 Å². The summed E-state index contributed by atoms with van der Waals surface area (Å²) in [6, 6.07) is 7.57. The predicted molar refractivity (Wildman–Crippen MR) is 124 cm³/mol. The van der Waals surface area contributed by atoms with Gasteiger partial charge in [0.2, 0.25) is 11.1 Å². The quantitative estimate of drug-likeness (QED) is 0.350. The van der Waals surface area contributed by atoms with Gasteiger partial charge in [-0.3, -0.25) is 29.4 Å². The molecule has 3 amide bonds. The number of carbonyl (C=O) groups excluding carboxylic acids is 3. The number of hydrogen-bond donors (Lipinski definition) is 2. The molecule has 0 saturated carbocycles. The summed E-state index contributed by atoms with van der Waals surface area (Å²) in [5.41, 5.74) is 0.744. The zero-order chi connectivity index (χ0) is 22.3. The molecule has 3 aromatic rings. The highest BCUT2D eigenvalue weighted by molar-refractivity contribution is 8.18. The topological polar surface area (TPSA) is 121 Å². The smallest absolute Gasteiger partial charge is 0.293 e. The lowest BCUT2D eigenvalue weighted by Crippen LogP contribution is -2.37. The number of aromatic amines is 1. The van der Waals surface area contributed by atoms with Crippen LogP contribution in [0.3, 0.4) is 0 Å². The van der Waals surface area contributed by atoms with Crippen molar-refractivity contribution in [2.24, 2.45) is 0 Å². The van der Waals surface area contributed by atoms with E-state index in [1.54, 1.807) is 41.9 Å². The van der Waals surface area contributed by atoms with E-state index in [1.165, 1.54) is 16.6 Å².